The van der Waals surface area contributed by atoms with Crippen molar-refractivity contribution in [3.8, 4) is 0 Å². The molecule has 578 valence electrons. The fraction of sp³-hybridized carbons (Fsp3) is 0.878. The number of rotatable bonds is 59. The zero-order valence-electron chi connectivity index (χ0n) is 60.3. The molecule has 99 heavy (non-hydrogen) atoms. The van der Waals surface area contributed by atoms with E-state index in [0.29, 0.717) is 12.8 Å². The number of hydrogen-bond donors (Lipinski definition) is 11. The third kappa shape index (κ3) is 38.7. The van der Waals surface area contributed by atoms with E-state index in [9.17, 15) is 74.9 Å². The summed E-state index contributed by atoms with van der Waals surface area (Å²) in [4.78, 5) is 50.9. The molecule has 0 radical (unpaired) electrons. The number of ether oxygens (including phenoxy) is 7. The molecule has 3 aliphatic rings. The number of aliphatic hydroxyl groups excluding tert-OH is 10. The summed E-state index contributed by atoms with van der Waals surface area (Å²) in [7, 11) is -5.72. The molecule has 0 aromatic rings. The summed E-state index contributed by atoms with van der Waals surface area (Å²) in [6.07, 6.45) is 18.4. The lowest BCUT2D eigenvalue weighted by Crippen LogP contribution is -2.69. The molecule has 2 aliphatic heterocycles. The van der Waals surface area contributed by atoms with Gasteiger partial charge in [0.1, 0.15) is 98.7 Å². The maximum atomic E-state index is 14.3. The molecule has 1 aliphatic carbocycles. The fourth-order valence-corrected chi connectivity index (χ4v) is 13.5. The van der Waals surface area contributed by atoms with Crippen molar-refractivity contribution in [1.82, 2.24) is 0 Å². The Morgan fingerprint density at radius 3 is 1.23 bits per heavy atom. The minimum absolute atomic E-state index is 0.00489. The Morgan fingerprint density at radius 1 is 0.414 bits per heavy atom. The Morgan fingerprint density at radius 2 is 0.788 bits per heavy atom. The molecule has 18 unspecified atom stereocenters. The summed E-state index contributed by atoms with van der Waals surface area (Å²) in [6, 6.07) is 0. The van der Waals surface area contributed by atoms with Crippen LogP contribution in [0.25, 0.3) is 0 Å². The molecule has 0 aromatic heterocycles. The molecule has 25 heteroatoms. The lowest BCUT2D eigenvalue weighted by molar-refractivity contribution is -0.360. The second kappa shape index (κ2) is 55.6. The molecule has 0 aromatic carbocycles. The number of allylic oxidation sites excluding steroid dienone is 5. The lowest BCUT2D eigenvalue weighted by atomic mass is 9.84. The predicted molar refractivity (Wildman–Crippen MR) is 374 cm³/mol. The van der Waals surface area contributed by atoms with Crippen LogP contribution in [0.1, 0.15) is 284 Å². The van der Waals surface area contributed by atoms with Crippen molar-refractivity contribution in [2.24, 2.45) is 0 Å². The number of carbonyl (C=O) groups excluding carboxylic acids is 3. The van der Waals surface area contributed by atoms with Gasteiger partial charge in [0.15, 0.2) is 18.7 Å². The largest absolute Gasteiger partial charge is 0.472 e. The van der Waals surface area contributed by atoms with Gasteiger partial charge in [-0.3, -0.25) is 18.6 Å². The summed E-state index contributed by atoms with van der Waals surface area (Å²) in [6.45, 7) is 3.32. The molecule has 0 bridgehead atoms. The SMILES string of the molecule is CCCCCCCCC/C=C\CCCCCC(=O)OCC1OC(OC2C(O)C(O)C(O)C(OC3OC(CO)C(O)C(O)C3O)C2OP(=O)(O)OCC(COC(=O)/C=C/C=C/CCCCCCCCCCCCC)OC(=O)CCCCCCCCCCCCCCCCC)C(O)C(O)C1O. The first-order valence-corrected chi connectivity index (χ1v) is 39.8. The minimum Gasteiger partial charge on any atom is -0.463 e. The van der Waals surface area contributed by atoms with Crippen LogP contribution in [0.3, 0.4) is 0 Å². The normalized spacial score (nSPS) is 27.7. The predicted octanol–water partition coefficient (Wildman–Crippen LogP) is 10.7. The summed E-state index contributed by atoms with van der Waals surface area (Å²) in [5, 5.41) is 110. The molecule has 0 spiro atoms. The summed E-state index contributed by atoms with van der Waals surface area (Å²) in [5.74, 6) is -2.26. The average Bonchev–Trinajstić information content (AvgIpc) is 0.763. The van der Waals surface area contributed by atoms with Gasteiger partial charge in [0.2, 0.25) is 0 Å². The standard InChI is InChI=1S/C74H133O24P/c1-4-7-10-13-16-19-22-25-28-31-34-36-39-42-45-48-58(76)90-52-55(93-60(78)50-47-44-41-38-35-32-29-26-23-20-17-14-11-8-5-2)53-92-99(88,89)98-72-70(96-73-68(86)63(81)61(79)56(51-75)94-73)66(84)65(83)67(85)71(72)97-74-69(87)64(82)62(80)57(95-74)54-91-59(77)49-46-43-40-37-33-30-27-24-21-18-15-12-9-6-3/h30,33,39,42,45,48,55-57,61-75,79-87H,4-29,31-32,34-38,40-41,43-44,46-47,49-54H2,1-3H3,(H,88,89)/b33-30-,42-39+,48-45+. The van der Waals surface area contributed by atoms with E-state index >= 15 is 0 Å². The van der Waals surface area contributed by atoms with Crippen LogP contribution in [-0.2, 0) is 61.2 Å². The number of carbonyl (C=O) groups is 3. The van der Waals surface area contributed by atoms with Crippen LogP contribution in [-0.4, -0.2) is 204 Å². The van der Waals surface area contributed by atoms with Crippen LogP contribution in [0.4, 0.5) is 0 Å². The highest BCUT2D eigenvalue weighted by atomic mass is 31.2. The number of phosphoric acid groups is 1. The van der Waals surface area contributed by atoms with Crippen LogP contribution in [0.5, 0.6) is 0 Å². The smallest absolute Gasteiger partial charge is 0.463 e. The van der Waals surface area contributed by atoms with Gasteiger partial charge in [-0.15, -0.1) is 0 Å². The van der Waals surface area contributed by atoms with Crippen molar-refractivity contribution in [2.75, 3.05) is 26.4 Å². The van der Waals surface area contributed by atoms with Crippen LogP contribution < -0.4 is 0 Å². The molecule has 2 heterocycles. The van der Waals surface area contributed by atoms with E-state index in [4.69, 9.17) is 42.2 Å². The van der Waals surface area contributed by atoms with Gasteiger partial charge in [0.05, 0.1) is 13.2 Å². The molecular weight excluding hydrogens is 1300 g/mol. The van der Waals surface area contributed by atoms with Crippen molar-refractivity contribution in [3.63, 3.8) is 0 Å². The number of esters is 3. The van der Waals surface area contributed by atoms with Crippen LogP contribution >= 0.6 is 7.82 Å². The number of aliphatic hydroxyl groups is 10. The van der Waals surface area contributed by atoms with Gasteiger partial charge in [-0.25, -0.2) is 9.36 Å². The van der Waals surface area contributed by atoms with Gasteiger partial charge in [0.25, 0.3) is 0 Å². The van der Waals surface area contributed by atoms with E-state index in [0.717, 1.165) is 96.0 Å². The van der Waals surface area contributed by atoms with E-state index in [1.54, 1.807) is 6.08 Å². The fourth-order valence-electron chi connectivity index (χ4n) is 12.5. The maximum absolute atomic E-state index is 14.3. The van der Waals surface area contributed by atoms with Crippen molar-refractivity contribution in [2.45, 2.75) is 388 Å². The number of unbranched alkanes of at least 4 members (excludes halogenated alkanes) is 35. The highest BCUT2D eigenvalue weighted by molar-refractivity contribution is 7.47. The van der Waals surface area contributed by atoms with Gasteiger partial charge in [-0.2, -0.15) is 0 Å². The van der Waals surface area contributed by atoms with E-state index < -0.39 is 156 Å². The van der Waals surface area contributed by atoms with Crippen molar-refractivity contribution in [3.05, 3.63) is 36.5 Å². The Labute approximate surface area is 591 Å². The molecule has 0 amide bonds. The molecule has 3 fully saturated rings. The van der Waals surface area contributed by atoms with E-state index in [2.05, 4.69) is 32.9 Å². The monoisotopic (exact) mass is 1440 g/mol. The third-order valence-corrected chi connectivity index (χ3v) is 19.7. The van der Waals surface area contributed by atoms with Gasteiger partial charge in [-0.1, -0.05) is 250 Å². The van der Waals surface area contributed by atoms with E-state index in [1.807, 2.05) is 6.08 Å². The summed E-state index contributed by atoms with van der Waals surface area (Å²) >= 11 is 0. The van der Waals surface area contributed by atoms with Crippen molar-refractivity contribution >= 4 is 25.7 Å². The molecule has 11 N–H and O–H groups in total. The Bertz CT molecular complexity index is 2190. The Kier molecular flexibility index (Phi) is 50.8. The highest BCUT2D eigenvalue weighted by Gasteiger charge is 2.58. The van der Waals surface area contributed by atoms with Gasteiger partial charge in [-0.05, 0) is 51.4 Å². The highest BCUT2D eigenvalue weighted by Crippen LogP contribution is 2.49. The van der Waals surface area contributed by atoms with E-state index in [-0.39, 0.29) is 12.8 Å². The molecule has 1 saturated carbocycles. The quantitative estimate of drug-likeness (QED) is 0.00512. The van der Waals surface area contributed by atoms with E-state index in [1.165, 1.54) is 154 Å². The maximum Gasteiger partial charge on any atom is 0.472 e. The Hall–Kier alpha value is -2.82. The van der Waals surface area contributed by atoms with Crippen molar-refractivity contribution < 1.29 is 117 Å². The first-order chi connectivity index (χ1) is 47.8. The van der Waals surface area contributed by atoms with Gasteiger partial charge < -0.3 is 89.1 Å². The molecule has 18 atom stereocenters. The summed E-state index contributed by atoms with van der Waals surface area (Å²) < 4.78 is 64.8. The lowest BCUT2D eigenvalue weighted by Gasteiger charge is -2.49. The zero-order valence-corrected chi connectivity index (χ0v) is 61.2. The second-order valence-corrected chi connectivity index (χ2v) is 28.8. The van der Waals surface area contributed by atoms with Crippen molar-refractivity contribution in [1.29, 1.82) is 0 Å². The zero-order chi connectivity index (χ0) is 72.5. The van der Waals surface area contributed by atoms with Crippen LogP contribution in [0.2, 0.25) is 0 Å². The minimum atomic E-state index is -5.72. The molecule has 3 rings (SSSR count). The Balaban J connectivity index is 1.75. The van der Waals surface area contributed by atoms with Crippen LogP contribution in [0, 0.1) is 0 Å². The number of phosphoric ester groups is 1. The number of hydrogen-bond acceptors (Lipinski definition) is 23. The molecule has 2 saturated heterocycles. The van der Waals surface area contributed by atoms with Gasteiger partial charge in [0, 0.05) is 18.9 Å². The third-order valence-electron chi connectivity index (χ3n) is 18.7. The van der Waals surface area contributed by atoms with Gasteiger partial charge >= 0.3 is 25.7 Å². The second-order valence-electron chi connectivity index (χ2n) is 27.4. The first-order valence-electron chi connectivity index (χ1n) is 38.3. The summed E-state index contributed by atoms with van der Waals surface area (Å²) in [5.41, 5.74) is 0. The molecule has 24 nitrogen and oxygen atoms in total. The molecular formula is C74H133O24P. The van der Waals surface area contributed by atoms with Crippen LogP contribution in [0.15, 0.2) is 36.5 Å². The first kappa shape index (κ1) is 90.4. The topological polar surface area (TPSA) is 374 Å². The average molecular weight is 1440 g/mol.